The minimum atomic E-state index is -0.243. The molecule has 0 aliphatic carbocycles. The number of nitrogens with zero attached hydrogens (tertiary/aromatic N) is 3. The first-order chi connectivity index (χ1) is 12.0. The first kappa shape index (κ1) is 16.6. The lowest BCUT2D eigenvalue weighted by molar-refractivity contribution is 0.0944. The van der Waals surface area contributed by atoms with Crippen LogP contribution in [-0.2, 0) is 6.54 Å². The van der Waals surface area contributed by atoms with Crippen LogP contribution in [0.3, 0.4) is 0 Å². The van der Waals surface area contributed by atoms with Gasteiger partial charge in [-0.25, -0.2) is 9.97 Å². The third kappa shape index (κ3) is 3.32. The topological polar surface area (TPSA) is 121 Å². The van der Waals surface area contributed by atoms with E-state index in [1.54, 1.807) is 29.7 Å². The van der Waals surface area contributed by atoms with Crippen LogP contribution in [0.15, 0.2) is 30.5 Å². The number of fused-ring (bicyclic) bond motifs is 1. The van der Waals surface area contributed by atoms with Crippen molar-refractivity contribution < 1.29 is 9.53 Å². The number of carbonyl (C=O) groups is 1. The number of nitrogen functional groups attached to an aromatic ring is 2. The van der Waals surface area contributed by atoms with E-state index in [0.29, 0.717) is 41.0 Å². The van der Waals surface area contributed by atoms with Crippen LogP contribution in [0.25, 0.3) is 5.65 Å². The van der Waals surface area contributed by atoms with Crippen molar-refractivity contribution in [2.24, 2.45) is 0 Å². The SMILES string of the molecule is CCOc1cccn2c(C(=O)NCc3cc(N)nc(N)c3)c(C)nc12. The smallest absolute Gasteiger partial charge is 0.270 e. The Balaban J connectivity index is 1.87. The van der Waals surface area contributed by atoms with Crippen molar-refractivity contribution in [3.63, 3.8) is 0 Å². The van der Waals surface area contributed by atoms with E-state index in [1.807, 2.05) is 19.1 Å². The van der Waals surface area contributed by atoms with Crippen LogP contribution >= 0.6 is 0 Å². The van der Waals surface area contributed by atoms with Crippen molar-refractivity contribution >= 4 is 23.2 Å². The number of anilines is 2. The average molecular weight is 340 g/mol. The summed E-state index contributed by atoms with van der Waals surface area (Å²) < 4.78 is 7.30. The maximum atomic E-state index is 12.7. The van der Waals surface area contributed by atoms with Crippen molar-refractivity contribution in [3.8, 4) is 5.75 Å². The van der Waals surface area contributed by atoms with Gasteiger partial charge in [0.25, 0.3) is 5.91 Å². The number of hydrogen-bond acceptors (Lipinski definition) is 6. The number of pyridine rings is 2. The lowest BCUT2D eigenvalue weighted by atomic mass is 10.2. The molecule has 0 saturated carbocycles. The minimum absolute atomic E-state index is 0.243. The van der Waals surface area contributed by atoms with Crippen molar-refractivity contribution in [3.05, 3.63) is 47.4 Å². The summed E-state index contributed by atoms with van der Waals surface area (Å²) in [5.41, 5.74) is 13.8. The maximum absolute atomic E-state index is 12.7. The second-order valence-corrected chi connectivity index (χ2v) is 5.55. The van der Waals surface area contributed by atoms with Crippen molar-refractivity contribution in [1.82, 2.24) is 19.7 Å². The molecule has 0 aromatic carbocycles. The number of imidazole rings is 1. The van der Waals surface area contributed by atoms with E-state index in [1.165, 1.54) is 0 Å². The van der Waals surface area contributed by atoms with Gasteiger partial charge in [0, 0.05) is 12.7 Å². The van der Waals surface area contributed by atoms with Gasteiger partial charge < -0.3 is 21.5 Å². The number of aryl methyl sites for hydroxylation is 1. The summed E-state index contributed by atoms with van der Waals surface area (Å²) in [6.07, 6.45) is 1.79. The van der Waals surface area contributed by atoms with Gasteiger partial charge in [0.1, 0.15) is 17.3 Å². The molecule has 3 aromatic rings. The normalized spacial score (nSPS) is 10.8. The first-order valence-electron chi connectivity index (χ1n) is 7.90. The van der Waals surface area contributed by atoms with Crippen LogP contribution in [0.2, 0.25) is 0 Å². The molecule has 5 N–H and O–H groups in total. The molecule has 0 bridgehead atoms. The highest BCUT2D eigenvalue weighted by Crippen LogP contribution is 2.22. The number of carbonyl (C=O) groups excluding carboxylic acids is 1. The molecule has 0 aliphatic rings. The zero-order valence-corrected chi connectivity index (χ0v) is 14.1. The van der Waals surface area contributed by atoms with Crippen LogP contribution in [0.1, 0.15) is 28.7 Å². The highest BCUT2D eigenvalue weighted by atomic mass is 16.5. The highest BCUT2D eigenvalue weighted by Gasteiger charge is 2.18. The lowest BCUT2D eigenvalue weighted by Crippen LogP contribution is -2.25. The Labute approximate surface area is 144 Å². The van der Waals surface area contributed by atoms with Crippen molar-refractivity contribution in [2.75, 3.05) is 18.1 Å². The van der Waals surface area contributed by atoms with Crippen LogP contribution < -0.4 is 21.5 Å². The highest BCUT2D eigenvalue weighted by molar-refractivity contribution is 5.95. The molecular formula is C17H20N6O2. The molecule has 3 heterocycles. The molecule has 0 atom stereocenters. The molecule has 0 radical (unpaired) electrons. The molecule has 3 rings (SSSR count). The molecule has 0 fully saturated rings. The Kier molecular flexibility index (Phi) is 4.42. The number of aromatic nitrogens is 3. The Morgan fingerprint density at radius 3 is 2.68 bits per heavy atom. The number of rotatable bonds is 5. The molecule has 0 spiro atoms. The molecule has 0 saturated heterocycles. The third-order valence-corrected chi connectivity index (χ3v) is 3.68. The molecule has 0 unspecified atom stereocenters. The molecule has 130 valence electrons. The summed E-state index contributed by atoms with van der Waals surface area (Å²) in [5.74, 6) is 1.03. The van der Waals surface area contributed by atoms with E-state index in [2.05, 4.69) is 15.3 Å². The van der Waals surface area contributed by atoms with Crippen LogP contribution in [0.5, 0.6) is 5.75 Å². The van der Waals surface area contributed by atoms with Crippen LogP contribution in [0, 0.1) is 6.92 Å². The quantitative estimate of drug-likeness (QED) is 0.648. The second kappa shape index (κ2) is 6.68. The predicted molar refractivity (Wildman–Crippen MR) is 95.3 cm³/mol. The van der Waals surface area contributed by atoms with Gasteiger partial charge in [0.15, 0.2) is 11.4 Å². The van der Waals surface area contributed by atoms with E-state index in [4.69, 9.17) is 16.2 Å². The molecule has 1 amide bonds. The largest absolute Gasteiger partial charge is 0.490 e. The monoisotopic (exact) mass is 340 g/mol. The van der Waals surface area contributed by atoms with E-state index in [9.17, 15) is 4.79 Å². The second-order valence-electron chi connectivity index (χ2n) is 5.55. The summed E-state index contributed by atoms with van der Waals surface area (Å²) >= 11 is 0. The maximum Gasteiger partial charge on any atom is 0.270 e. The summed E-state index contributed by atoms with van der Waals surface area (Å²) in [7, 11) is 0. The Bertz CT molecular complexity index is 914. The van der Waals surface area contributed by atoms with Gasteiger partial charge in [-0.1, -0.05) is 0 Å². The lowest BCUT2D eigenvalue weighted by Gasteiger charge is -2.08. The van der Waals surface area contributed by atoms with Crippen LogP contribution in [0.4, 0.5) is 11.6 Å². The van der Waals surface area contributed by atoms with Gasteiger partial charge >= 0.3 is 0 Å². The third-order valence-electron chi connectivity index (χ3n) is 3.68. The van der Waals surface area contributed by atoms with E-state index >= 15 is 0 Å². The molecule has 8 heteroatoms. The van der Waals surface area contributed by atoms with Crippen molar-refractivity contribution in [1.29, 1.82) is 0 Å². The fourth-order valence-electron chi connectivity index (χ4n) is 2.70. The van der Waals surface area contributed by atoms with Crippen molar-refractivity contribution in [2.45, 2.75) is 20.4 Å². The Morgan fingerprint density at radius 1 is 1.28 bits per heavy atom. The fourth-order valence-corrected chi connectivity index (χ4v) is 2.70. The zero-order valence-electron chi connectivity index (χ0n) is 14.1. The molecule has 8 nitrogen and oxygen atoms in total. The average Bonchev–Trinajstić information content (AvgIpc) is 2.89. The van der Waals surface area contributed by atoms with Gasteiger partial charge in [0.05, 0.1) is 12.3 Å². The van der Waals surface area contributed by atoms with Gasteiger partial charge in [-0.2, -0.15) is 0 Å². The molecular weight excluding hydrogens is 320 g/mol. The van der Waals surface area contributed by atoms with Gasteiger partial charge in [0.2, 0.25) is 0 Å². The number of amides is 1. The zero-order chi connectivity index (χ0) is 18.0. The van der Waals surface area contributed by atoms with E-state index < -0.39 is 0 Å². The fraction of sp³-hybridized carbons (Fsp3) is 0.235. The van der Waals surface area contributed by atoms with E-state index in [-0.39, 0.29) is 12.5 Å². The summed E-state index contributed by atoms with van der Waals surface area (Å²) in [4.78, 5) is 21.0. The Hall–Kier alpha value is -3.29. The summed E-state index contributed by atoms with van der Waals surface area (Å²) in [6, 6.07) is 6.99. The molecule has 25 heavy (non-hydrogen) atoms. The first-order valence-corrected chi connectivity index (χ1v) is 7.90. The Morgan fingerprint density at radius 2 is 2.00 bits per heavy atom. The van der Waals surface area contributed by atoms with Gasteiger partial charge in [-0.3, -0.25) is 9.20 Å². The number of ether oxygens (including phenoxy) is 1. The van der Waals surface area contributed by atoms with Gasteiger partial charge in [-0.05, 0) is 43.7 Å². The molecule has 3 aromatic heterocycles. The molecule has 0 aliphatic heterocycles. The minimum Gasteiger partial charge on any atom is -0.490 e. The summed E-state index contributed by atoms with van der Waals surface area (Å²) in [5, 5.41) is 2.86. The standard InChI is InChI=1S/C17H20N6O2/c1-3-25-12-5-4-6-23-15(10(2)21-16(12)23)17(24)20-9-11-7-13(18)22-14(19)8-11/h4-8H,3,9H2,1-2H3,(H,20,24)(H4,18,19,22). The summed E-state index contributed by atoms with van der Waals surface area (Å²) in [6.45, 7) is 4.50. The number of nitrogens with one attached hydrogen (secondary N) is 1. The number of nitrogens with two attached hydrogens (primary N) is 2. The van der Waals surface area contributed by atoms with Crippen LogP contribution in [-0.4, -0.2) is 26.9 Å². The van der Waals surface area contributed by atoms with Gasteiger partial charge in [-0.15, -0.1) is 0 Å². The predicted octanol–water partition coefficient (Wildman–Crippen LogP) is 1.53. The van der Waals surface area contributed by atoms with E-state index in [0.717, 1.165) is 5.56 Å². The number of hydrogen-bond donors (Lipinski definition) is 3.